The van der Waals surface area contributed by atoms with Crippen LogP contribution in [0.1, 0.15) is 71.9 Å². The van der Waals surface area contributed by atoms with Gasteiger partial charge in [0.1, 0.15) is 6.17 Å². The van der Waals surface area contributed by atoms with Crippen molar-refractivity contribution in [3.63, 3.8) is 0 Å². The predicted octanol–water partition coefficient (Wildman–Crippen LogP) is 6.58. The molecule has 4 aromatic heterocycles. The van der Waals surface area contributed by atoms with Gasteiger partial charge in [0.05, 0.1) is 29.1 Å². The summed E-state index contributed by atoms with van der Waals surface area (Å²) >= 11 is 0. The maximum atomic E-state index is 15.5. The zero-order chi connectivity index (χ0) is 30.7. The van der Waals surface area contributed by atoms with E-state index in [1.807, 2.05) is 36.3 Å². The quantitative estimate of drug-likeness (QED) is 0.200. The first kappa shape index (κ1) is 27.9. The standard InChI is InChI=1S/C34H35FN8O/c1-20(2)26-18-43(30-15-24-16-41(5)39-33(24)36-31(30)22-11-12-22)38-32(26)25-7-6-8-29-27(25)17-42(37-29)19-28(35)21-9-13-23(14-10-21)34(44)40(3)4/h6-10,13-18,20,22,28H,11-12,19H2,1-5H3. The Morgan fingerprint density at radius 2 is 1.80 bits per heavy atom. The molecule has 224 valence electrons. The van der Waals surface area contributed by atoms with Crippen LogP contribution in [0.4, 0.5) is 4.39 Å². The first-order valence-electron chi connectivity index (χ1n) is 15.0. The van der Waals surface area contributed by atoms with Crippen LogP contribution in [-0.4, -0.2) is 59.2 Å². The number of nitrogens with zero attached hydrogens (tertiary/aromatic N) is 8. The first-order chi connectivity index (χ1) is 21.2. The molecular weight excluding hydrogens is 555 g/mol. The Morgan fingerprint density at radius 1 is 1.02 bits per heavy atom. The molecule has 1 aliphatic rings. The van der Waals surface area contributed by atoms with Crippen LogP contribution in [0.25, 0.3) is 38.9 Å². The lowest BCUT2D eigenvalue weighted by molar-refractivity contribution is 0.0827. The number of pyridine rings is 1. The van der Waals surface area contributed by atoms with Gasteiger partial charge in [-0.1, -0.05) is 38.1 Å². The number of hydrogen-bond acceptors (Lipinski definition) is 5. The predicted molar refractivity (Wildman–Crippen MR) is 169 cm³/mol. The third kappa shape index (κ3) is 5.04. The Balaban J connectivity index is 1.24. The van der Waals surface area contributed by atoms with E-state index in [0.29, 0.717) is 17.0 Å². The lowest BCUT2D eigenvalue weighted by Gasteiger charge is -2.12. The molecule has 1 fully saturated rings. The van der Waals surface area contributed by atoms with Crippen LogP contribution in [0, 0.1) is 0 Å². The minimum atomic E-state index is -1.28. The van der Waals surface area contributed by atoms with E-state index >= 15 is 4.39 Å². The van der Waals surface area contributed by atoms with Crippen molar-refractivity contribution in [3.8, 4) is 16.9 Å². The average Bonchev–Trinajstić information content (AvgIpc) is 3.43. The molecule has 7 rings (SSSR count). The Hall–Kier alpha value is -4.86. The summed E-state index contributed by atoms with van der Waals surface area (Å²) in [6.45, 7) is 4.40. The molecule has 6 aromatic rings. The molecular formula is C34H35FN8O. The highest BCUT2D eigenvalue weighted by Gasteiger charge is 2.30. The van der Waals surface area contributed by atoms with Crippen molar-refractivity contribution in [1.29, 1.82) is 0 Å². The number of benzene rings is 2. The number of alkyl halides is 1. The van der Waals surface area contributed by atoms with Crippen molar-refractivity contribution in [3.05, 3.63) is 89.5 Å². The number of aromatic nitrogens is 7. The number of fused-ring (bicyclic) bond motifs is 2. The number of amides is 1. The van der Waals surface area contributed by atoms with Crippen LogP contribution >= 0.6 is 0 Å². The summed E-state index contributed by atoms with van der Waals surface area (Å²) in [7, 11) is 5.31. The second kappa shape index (κ2) is 10.7. The molecule has 0 N–H and O–H groups in total. The Kier molecular flexibility index (Phi) is 6.79. The molecule has 4 heterocycles. The van der Waals surface area contributed by atoms with Crippen LogP contribution in [0.2, 0.25) is 0 Å². The smallest absolute Gasteiger partial charge is 0.253 e. The van der Waals surface area contributed by atoms with Crippen molar-refractivity contribution < 1.29 is 9.18 Å². The molecule has 0 spiro atoms. The zero-order valence-electron chi connectivity index (χ0n) is 25.6. The van der Waals surface area contributed by atoms with Crippen LogP contribution in [0.5, 0.6) is 0 Å². The van der Waals surface area contributed by atoms with Crippen LogP contribution < -0.4 is 0 Å². The second-order valence-corrected chi connectivity index (χ2v) is 12.3. The minimum Gasteiger partial charge on any atom is -0.345 e. The summed E-state index contributed by atoms with van der Waals surface area (Å²) in [5, 5.41) is 16.3. The normalized spacial score (nSPS) is 14.2. The third-order valence-corrected chi connectivity index (χ3v) is 8.32. The van der Waals surface area contributed by atoms with E-state index in [4.69, 9.17) is 15.2 Å². The summed E-state index contributed by atoms with van der Waals surface area (Å²) in [6, 6.07) is 14.8. The van der Waals surface area contributed by atoms with Gasteiger partial charge in [-0.05, 0) is 48.6 Å². The van der Waals surface area contributed by atoms with Gasteiger partial charge in [-0.3, -0.25) is 14.2 Å². The van der Waals surface area contributed by atoms with E-state index in [9.17, 15) is 4.79 Å². The monoisotopic (exact) mass is 590 g/mol. The van der Waals surface area contributed by atoms with Gasteiger partial charge in [0.25, 0.3) is 5.91 Å². The molecule has 10 heteroatoms. The SMILES string of the molecule is CC(C)c1cn(-c2cc3cn(C)nc3nc2C2CC2)nc1-c1cccc2nn(CC(F)c3ccc(C(=O)N(C)C)cc3)cc12. The maximum Gasteiger partial charge on any atom is 0.253 e. The number of aryl methyl sites for hydroxylation is 1. The Bertz CT molecular complexity index is 2010. The van der Waals surface area contributed by atoms with Gasteiger partial charge in [-0.2, -0.15) is 15.3 Å². The molecule has 44 heavy (non-hydrogen) atoms. The van der Waals surface area contributed by atoms with E-state index in [1.54, 1.807) is 47.7 Å². The third-order valence-electron chi connectivity index (χ3n) is 8.32. The molecule has 9 nitrogen and oxygen atoms in total. The van der Waals surface area contributed by atoms with E-state index in [-0.39, 0.29) is 18.4 Å². The topological polar surface area (TPSA) is 86.7 Å². The fraction of sp³-hybridized carbons (Fsp3) is 0.324. The Labute approximate surface area is 254 Å². The molecule has 1 amide bonds. The number of rotatable bonds is 8. The van der Waals surface area contributed by atoms with Gasteiger partial charge in [0.2, 0.25) is 0 Å². The fourth-order valence-electron chi connectivity index (χ4n) is 5.81. The molecule has 1 saturated carbocycles. The highest BCUT2D eigenvalue weighted by molar-refractivity contribution is 5.95. The molecule has 0 radical (unpaired) electrons. The molecule has 1 unspecified atom stereocenters. The van der Waals surface area contributed by atoms with Crippen molar-refractivity contribution in [2.45, 2.75) is 51.2 Å². The summed E-state index contributed by atoms with van der Waals surface area (Å²) in [6.07, 6.45) is 6.98. The number of carbonyl (C=O) groups is 1. The molecule has 0 aliphatic heterocycles. The van der Waals surface area contributed by atoms with E-state index in [1.165, 1.54) is 4.90 Å². The second-order valence-electron chi connectivity index (χ2n) is 12.3. The van der Waals surface area contributed by atoms with Crippen molar-refractivity contribution in [2.24, 2.45) is 7.05 Å². The highest BCUT2D eigenvalue weighted by Crippen LogP contribution is 2.43. The van der Waals surface area contributed by atoms with Crippen LogP contribution in [0.3, 0.4) is 0 Å². The number of carbonyl (C=O) groups excluding carboxylic acids is 1. The van der Waals surface area contributed by atoms with Gasteiger partial charge >= 0.3 is 0 Å². The van der Waals surface area contributed by atoms with Gasteiger partial charge in [0, 0.05) is 73.1 Å². The lowest BCUT2D eigenvalue weighted by Crippen LogP contribution is -2.21. The molecule has 1 aliphatic carbocycles. The van der Waals surface area contributed by atoms with Gasteiger partial charge in [0.15, 0.2) is 5.65 Å². The fourth-order valence-corrected chi connectivity index (χ4v) is 5.81. The number of hydrogen-bond donors (Lipinski definition) is 0. The summed E-state index contributed by atoms with van der Waals surface area (Å²) in [5.41, 5.74) is 7.57. The van der Waals surface area contributed by atoms with E-state index in [2.05, 4.69) is 37.3 Å². The van der Waals surface area contributed by atoms with Crippen molar-refractivity contribution >= 4 is 27.8 Å². The average molecular weight is 591 g/mol. The van der Waals surface area contributed by atoms with Gasteiger partial charge < -0.3 is 4.90 Å². The highest BCUT2D eigenvalue weighted by atomic mass is 19.1. The zero-order valence-corrected chi connectivity index (χ0v) is 25.6. The Morgan fingerprint density at radius 3 is 2.50 bits per heavy atom. The number of halogens is 1. The van der Waals surface area contributed by atoms with E-state index < -0.39 is 6.17 Å². The minimum absolute atomic E-state index is 0.0577. The van der Waals surface area contributed by atoms with Gasteiger partial charge in [-0.25, -0.2) is 14.1 Å². The largest absolute Gasteiger partial charge is 0.345 e. The summed E-state index contributed by atoms with van der Waals surface area (Å²) < 4.78 is 20.9. The molecule has 2 aromatic carbocycles. The van der Waals surface area contributed by atoms with Crippen LogP contribution in [0.15, 0.2) is 67.1 Å². The van der Waals surface area contributed by atoms with Crippen LogP contribution in [-0.2, 0) is 13.6 Å². The van der Waals surface area contributed by atoms with Gasteiger partial charge in [-0.15, -0.1) is 0 Å². The lowest BCUT2D eigenvalue weighted by atomic mass is 9.98. The maximum absolute atomic E-state index is 15.5. The molecule has 1 atom stereocenters. The molecule has 0 saturated heterocycles. The van der Waals surface area contributed by atoms with Crippen molar-refractivity contribution in [2.75, 3.05) is 14.1 Å². The summed E-state index contributed by atoms with van der Waals surface area (Å²) in [4.78, 5) is 18.7. The van der Waals surface area contributed by atoms with Crippen molar-refractivity contribution in [1.82, 2.24) is 39.2 Å². The summed E-state index contributed by atoms with van der Waals surface area (Å²) in [5.74, 6) is 0.534. The first-order valence-corrected chi connectivity index (χ1v) is 15.0. The molecule has 0 bridgehead atoms. The van der Waals surface area contributed by atoms with E-state index in [0.717, 1.165) is 63.0 Å².